The van der Waals surface area contributed by atoms with Crippen LogP contribution in [0.1, 0.15) is 2.85 Å². The predicted octanol–water partition coefficient (Wildman–Crippen LogP) is -0.156. The quantitative estimate of drug-likeness (QED) is 0.516. The van der Waals surface area contributed by atoms with Gasteiger partial charge in [0.2, 0.25) is 0 Å². The SMILES string of the molecule is [AlH]=[S].[H-].[H-].[La].[Mg+2]. The molecule has 1 radical (unpaired) electrons. The summed E-state index contributed by atoms with van der Waals surface area (Å²) >= 11 is 1.44. The van der Waals surface area contributed by atoms with Gasteiger partial charge in [0.15, 0.2) is 0 Å². The molecule has 0 aromatic carbocycles. The van der Waals surface area contributed by atoms with Gasteiger partial charge in [0.1, 0.15) is 0 Å². The minimum atomic E-state index is 0. The van der Waals surface area contributed by atoms with E-state index in [0.717, 1.165) is 0 Å². The van der Waals surface area contributed by atoms with Crippen LogP contribution in [0.2, 0.25) is 0 Å². The molecule has 0 atom stereocenters. The molecule has 0 heterocycles. The van der Waals surface area contributed by atoms with Gasteiger partial charge in [0.05, 0.1) is 0 Å². The van der Waals surface area contributed by atoms with Gasteiger partial charge in [-0.3, -0.25) is 0 Å². The van der Waals surface area contributed by atoms with Gasteiger partial charge in [-0.05, 0) is 0 Å². The number of hydrogen-bond acceptors (Lipinski definition) is 1. The van der Waals surface area contributed by atoms with Crippen molar-refractivity contribution in [2.24, 2.45) is 0 Å². The summed E-state index contributed by atoms with van der Waals surface area (Å²) in [4.78, 5) is 0. The molecule has 0 amide bonds. The van der Waals surface area contributed by atoms with Crippen molar-refractivity contribution >= 4 is 48.2 Å². The smallest absolute Gasteiger partial charge is 1.00 e. The number of hydrogen-bond donors (Lipinski definition) is 0. The molecule has 0 spiro atoms. The third-order valence-electron chi connectivity index (χ3n) is 0. The van der Waals surface area contributed by atoms with Crippen molar-refractivity contribution < 1.29 is 38.5 Å². The van der Waals surface area contributed by atoms with E-state index in [4.69, 9.17) is 0 Å². The second kappa shape index (κ2) is 17.2. The molecule has 0 fully saturated rings. The van der Waals surface area contributed by atoms with E-state index in [-0.39, 0.29) is 61.5 Å². The van der Waals surface area contributed by atoms with E-state index >= 15 is 0 Å². The van der Waals surface area contributed by atoms with Crippen LogP contribution in [0.15, 0.2) is 0 Å². The molecule has 0 aromatic rings. The topological polar surface area (TPSA) is 0 Å². The van der Waals surface area contributed by atoms with Crippen molar-refractivity contribution in [3.05, 3.63) is 0 Å². The Morgan fingerprint density at radius 2 is 1.50 bits per heavy atom. The molecule has 0 saturated heterocycles. The molecule has 0 aliphatic rings. The van der Waals surface area contributed by atoms with Gasteiger partial charge in [0.25, 0.3) is 0 Å². The largest absolute Gasteiger partial charge is 2.00 e. The monoisotopic (exact) mass is 225 g/mol. The van der Waals surface area contributed by atoms with Gasteiger partial charge in [-0.15, -0.1) is 0 Å². The average Bonchev–Trinajstić information content (AvgIpc) is 1.00. The molecule has 0 unspecified atom stereocenters. The Bertz CT molecular complexity index is 13.5. The second-order valence-electron chi connectivity index (χ2n) is 0. The van der Waals surface area contributed by atoms with E-state index in [0.29, 0.717) is 0 Å². The molecule has 0 rings (SSSR count). The zero-order valence-electron chi connectivity index (χ0n) is 4.40. The van der Waals surface area contributed by atoms with Crippen LogP contribution in [0.25, 0.3) is 0 Å². The maximum Gasteiger partial charge on any atom is 2.00 e. The van der Waals surface area contributed by atoms with Crippen molar-refractivity contribution in [2.75, 3.05) is 0 Å². The first-order valence-electron chi connectivity index (χ1n) is 0.289. The Morgan fingerprint density at radius 3 is 1.50 bits per heavy atom. The molecule has 0 saturated carbocycles. The number of rotatable bonds is 0. The Balaban J connectivity index is -0.000000000833. The molecule has 0 aliphatic carbocycles. The van der Waals surface area contributed by atoms with E-state index in [9.17, 15) is 0 Å². The normalized spacial score (nSPS) is 0.750. The standard InChI is InChI=1S/Al.La.Mg.S.3H/q;;+2;;;2*-1. The van der Waals surface area contributed by atoms with Gasteiger partial charge in [0, 0.05) is 35.6 Å². The van der Waals surface area contributed by atoms with Gasteiger partial charge in [-0.2, -0.15) is 0 Å². The molecule has 17 valence electrons. The van der Waals surface area contributed by atoms with E-state index in [1.54, 1.807) is 0 Å². The molecule has 4 heavy (non-hydrogen) atoms. The summed E-state index contributed by atoms with van der Waals surface area (Å²) in [5.41, 5.74) is 0. The molecular weight excluding hydrogens is 222 g/mol. The van der Waals surface area contributed by atoms with Crippen LogP contribution >= 0.6 is 10.5 Å². The van der Waals surface area contributed by atoms with Gasteiger partial charge >= 0.3 is 48.2 Å². The predicted molar refractivity (Wildman–Crippen MR) is 22.7 cm³/mol. The zero-order valence-corrected chi connectivity index (χ0v) is 9.67. The third kappa shape index (κ3) is 8.83. The van der Waals surface area contributed by atoms with Crippen LogP contribution in [-0.2, 0) is 0 Å². The van der Waals surface area contributed by atoms with Gasteiger partial charge in [-0.1, -0.05) is 0 Å². The zero-order chi connectivity index (χ0) is 2.00. The van der Waals surface area contributed by atoms with E-state index in [1.165, 1.54) is 14.6 Å². The van der Waals surface area contributed by atoms with Crippen LogP contribution in [0, 0.1) is 35.6 Å². The van der Waals surface area contributed by atoms with Crippen LogP contribution in [0.5, 0.6) is 0 Å². The Labute approximate surface area is 85.1 Å². The summed E-state index contributed by atoms with van der Waals surface area (Å²) < 4.78 is 0. The summed E-state index contributed by atoms with van der Waals surface area (Å²) in [6.07, 6.45) is 0. The van der Waals surface area contributed by atoms with E-state index in [1.807, 2.05) is 0 Å². The summed E-state index contributed by atoms with van der Waals surface area (Å²) in [5, 5.41) is 0. The summed E-state index contributed by atoms with van der Waals surface area (Å²) in [6, 6.07) is 0. The molecule has 0 nitrogen and oxygen atoms in total. The molecular formula is H3AlLaMgS. The molecule has 0 bridgehead atoms. The summed E-state index contributed by atoms with van der Waals surface area (Å²) in [7, 11) is 4.11. The first kappa shape index (κ1) is 15.9. The minimum absolute atomic E-state index is 0. The van der Waals surface area contributed by atoms with Gasteiger partial charge < -0.3 is 2.85 Å². The van der Waals surface area contributed by atoms with Crippen molar-refractivity contribution in [2.45, 2.75) is 0 Å². The summed E-state index contributed by atoms with van der Waals surface area (Å²) in [5.74, 6) is 0. The Morgan fingerprint density at radius 1 is 1.50 bits per heavy atom. The van der Waals surface area contributed by atoms with Gasteiger partial charge in [-0.25, -0.2) is 0 Å². The third-order valence-corrected chi connectivity index (χ3v) is 0. The molecule has 4 heteroatoms. The average molecular weight is 225 g/mol. The summed E-state index contributed by atoms with van der Waals surface area (Å²) in [6.45, 7) is 0. The van der Waals surface area contributed by atoms with Crippen molar-refractivity contribution in [3.63, 3.8) is 0 Å². The Kier molecular flexibility index (Phi) is 68.5. The Hall–Kier alpha value is 2.71. The van der Waals surface area contributed by atoms with Crippen molar-refractivity contribution in [1.29, 1.82) is 0 Å². The first-order chi connectivity index (χ1) is 1.00. The fourth-order valence-electron chi connectivity index (χ4n) is 0. The fourth-order valence-corrected chi connectivity index (χ4v) is 0. The maximum absolute atomic E-state index is 4.11. The van der Waals surface area contributed by atoms with Crippen molar-refractivity contribution in [3.8, 4) is 0 Å². The first-order valence-corrected chi connectivity index (χ1v) is 2.60. The van der Waals surface area contributed by atoms with Crippen LogP contribution in [0.4, 0.5) is 0 Å². The fraction of sp³-hybridized carbons (Fsp3) is 0. The van der Waals surface area contributed by atoms with Crippen LogP contribution in [-0.4, -0.2) is 37.7 Å². The molecule has 0 aliphatic heterocycles. The minimum Gasteiger partial charge on any atom is -1.00 e. The van der Waals surface area contributed by atoms with E-state index in [2.05, 4.69) is 10.5 Å². The second-order valence-corrected chi connectivity index (χ2v) is 0. The molecule has 0 aromatic heterocycles. The van der Waals surface area contributed by atoms with Crippen molar-refractivity contribution in [1.82, 2.24) is 0 Å². The maximum atomic E-state index is 4.11. The van der Waals surface area contributed by atoms with Crippen LogP contribution < -0.4 is 0 Å². The van der Waals surface area contributed by atoms with Crippen LogP contribution in [0.3, 0.4) is 0 Å². The molecule has 0 N–H and O–H groups in total. The van der Waals surface area contributed by atoms with E-state index < -0.39 is 0 Å².